The highest BCUT2D eigenvalue weighted by molar-refractivity contribution is 7.99. The molecule has 0 spiro atoms. The molecule has 2 heteroatoms. The zero-order valence-corrected chi connectivity index (χ0v) is 17.8. The minimum absolute atomic E-state index is 0.107. The Morgan fingerprint density at radius 3 is 2.03 bits per heavy atom. The fourth-order valence-corrected chi connectivity index (χ4v) is 5.04. The Balaban J connectivity index is 1.69. The van der Waals surface area contributed by atoms with E-state index in [4.69, 9.17) is 0 Å². The van der Waals surface area contributed by atoms with Crippen LogP contribution in [0, 0.1) is 0 Å². The second-order valence-electron chi connectivity index (χ2n) is 8.53. The van der Waals surface area contributed by atoms with Gasteiger partial charge in [-0.25, -0.2) is 0 Å². The summed E-state index contributed by atoms with van der Waals surface area (Å²) in [5.41, 5.74) is 8.80. The van der Waals surface area contributed by atoms with Crippen LogP contribution in [0.4, 0.5) is 0 Å². The first-order chi connectivity index (χ1) is 14.0. The lowest BCUT2D eigenvalue weighted by Crippen LogP contribution is -2.11. The zero-order valence-electron chi connectivity index (χ0n) is 16.9. The van der Waals surface area contributed by atoms with E-state index in [1.807, 2.05) is 18.0 Å². The van der Waals surface area contributed by atoms with Gasteiger partial charge in [0.1, 0.15) is 0 Å². The normalized spacial score (nSPS) is 12.5. The Labute approximate surface area is 176 Å². The average Bonchev–Trinajstić information content (AvgIpc) is 2.87. The van der Waals surface area contributed by atoms with Crippen molar-refractivity contribution in [3.8, 4) is 33.5 Å². The Morgan fingerprint density at radius 1 is 0.655 bits per heavy atom. The van der Waals surface area contributed by atoms with Gasteiger partial charge in [-0.3, -0.25) is 4.98 Å². The predicted octanol–water partition coefficient (Wildman–Crippen LogP) is 7.84. The molecule has 1 nitrogen and oxygen atoms in total. The van der Waals surface area contributed by atoms with Crippen LogP contribution in [0.2, 0.25) is 0 Å². The second kappa shape index (κ2) is 6.89. The summed E-state index contributed by atoms with van der Waals surface area (Å²) in [7, 11) is 0. The summed E-state index contributed by atoms with van der Waals surface area (Å²) in [6.07, 6.45) is 1.93. The molecule has 0 saturated heterocycles. The van der Waals surface area contributed by atoms with Crippen LogP contribution >= 0.6 is 11.8 Å². The van der Waals surface area contributed by atoms with E-state index >= 15 is 0 Å². The van der Waals surface area contributed by atoms with Crippen LogP contribution in [-0.2, 0) is 5.41 Å². The molecule has 0 unspecified atom stereocenters. The van der Waals surface area contributed by atoms with E-state index in [2.05, 4.69) is 105 Å². The highest BCUT2D eigenvalue weighted by atomic mass is 32.2. The smallest absolute Gasteiger partial charge is 0.0705 e. The summed E-state index contributed by atoms with van der Waals surface area (Å²) in [5.74, 6) is 0. The number of benzene rings is 3. The lowest BCUT2D eigenvalue weighted by atomic mass is 9.87. The van der Waals surface area contributed by atoms with Crippen molar-refractivity contribution in [2.24, 2.45) is 0 Å². The molecule has 0 aliphatic carbocycles. The van der Waals surface area contributed by atoms with Crippen LogP contribution in [-0.4, -0.2) is 4.98 Å². The lowest BCUT2D eigenvalue weighted by Gasteiger charge is -2.19. The first-order valence-electron chi connectivity index (χ1n) is 9.98. The Hall–Kier alpha value is -2.84. The summed E-state index contributed by atoms with van der Waals surface area (Å²) in [5, 5.41) is 0. The third-order valence-electron chi connectivity index (χ3n) is 5.52. The van der Waals surface area contributed by atoms with Crippen molar-refractivity contribution in [3.63, 3.8) is 0 Å². The lowest BCUT2D eigenvalue weighted by molar-refractivity contribution is 0.589. The number of nitrogens with zero attached hydrogens (tertiary/aromatic N) is 1. The van der Waals surface area contributed by atoms with Crippen LogP contribution in [0.5, 0.6) is 0 Å². The van der Waals surface area contributed by atoms with E-state index in [9.17, 15) is 0 Å². The van der Waals surface area contributed by atoms with Gasteiger partial charge in [0.05, 0.1) is 5.69 Å². The van der Waals surface area contributed by atoms with Crippen molar-refractivity contribution in [1.82, 2.24) is 4.98 Å². The number of aromatic nitrogens is 1. The van der Waals surface area contributed by atoms with E-state index < -0.39 is 0 Å². The molecule has 0 bridgehead atoms. The Morgan fingerprint density at radius 2 is 1.31 bits per heavy atom. The minimum Gasteiger partial charge on any atom is -0.256 e. The van der Waals surface area contributed by atoms with Gasteiger partial charge < -0.3 is 0 Å². The van der Waals surface area contributed by atoms with Crippen LogP contribution in [0.25, 0.3) is 33.5 Å². The number of hydrogen-bond donors (Lipinski definition) is 0. The maximum atomic E-state index is 4.67. The third kappa shape index (κ3) is 3.28. The van der Waals surface area contributed by atoms with Gasteiger partial charge in [-0.15, -0.1) is 0 Å². The van der Waals surface area contributed by atoms with E-state index in [-0.39, 0.29) is 5.41 Å². The van der Waals surface area contributed by atoms with E-state index in [0.29, 0.717) is 0 Å². The first kappa shape index (κ1) is 18.2. The third-order valence-corrected chi connectivity index (χ3v) is 6.65. The molecule has 0 atom stereocenters. The topological polar surface area (TPSA) is 12.9 Å². The highest BCUT2D eigenvalue weighted by Crippen LogP contribution is 2.48. The molecule has 142 valence electrons. The van der Waals surface area contributed by atoms with Gasteiger partial charge in [0, 0.05) is 21.6 Å². The molecule has 0 fully saturated rings. The predicted molar refractivity (Wildman–Crippen MR) is 123 cm³/mol. The molecule has 3 aromatic carbocycles. The molecular formula is C27H23NS. The van der Waals surface area contributed by atoms with Gasteiger partial charge in [-0.05, 0) is 57.5 Å². The average molecular weight is 394 g/mol. The van der Waals surface area contributed by atoms with Gasteiger partial charge in [0.15, 0.2) is 0 Å². The Kier molecular flexibility index (Phi) is 4.33. The van der Waals surface area contributed by atoms with Crippen LogP contribution in [0.3, 0.4) is 0 Å². The van der Waals surface area contributed by atoms with Crippen molar-refractivity contribution in [3.05, 3.63) is 90.6 Å². The zero-order chi connectivity index (χ0) is 20.0. The molecule has 0 N–H and O–H groups in total. The van der Waals surface area contributed by atoms with Crippen molar-refractivity contribution in [2.75, 3.05) is 0 Å². The SMILES string of the molecule is CC(C)(C)c1ccnc(-c2ccc3c(c2)Sc2ccccc2-c2ccccc2-3)c1. The number of fused-ring (bicyclic) bond motifs is 5. The molecule has 0 radical (unpaired) electrons. The fourth-order valence-electron chi connectivity index (χ4n) is 3.89. The molecule has 4 aromatic rings. The molecule has 2 heterocycles. The van der Waals surface area contributed by atoms with Gasteiger partial charge in [-0.1, -0.05) is 87.1 Å². The molecule has 29 heavy (non-hydrogen) atoms. The van der Waals surface area contributed by atoms with E-state index in [1.54, 1.807) is 0 Å². The summed E-state index contributed by atoms with van der Waals surface area (Å²) < 4.78 is 0. The number of rotatable bonds is 1. The largest absolute Gasteiger partial charge is 0.256 e. The summed E-state index contributed by atoms with van der Waals surface area (Å²) in [6, 6.07) is 28.5. The van der Waals surface area contributed by atoms with Crippen molar-refractivity contribution >= 4 is 11.8 Å². The maximum absolute atomic E-state index is 4.67. The van der Waals surface area contributed by atoms with E-state index in [0.717, 1.165) is 5.69 Å². The van der Waals surface area contributed by atoms with Gasteiger partial charge in [-0.2, -0.15) is 0 Å². The highest BCUT2D eigenvalue weighted by Gasteiger charge is 2.20. The number of hydrogen-bond acceptors (Lipinski definition) is 2. The first-order valence-corrected chi connectivity index (χ1v) is 10.8. The van der Waals surface area contributed by atoms with Crippen LogP contribution in [0.15, 0.2) is 94.9 Å². The molecule has 1 aromatic heterocycles. The van der Waals surface area contributed by atoms with Gasteiger partial charge in [0.25, 0.3) is 0 Å². The van der Waals surface area contributed by atoms with Crippen molar-refractivity contribution < 1.29 is 0 Å². The molecule has 1 aliphatic rings. The van der Waals surface area contributed by atoms with Crippen LogP contribution < -0.4 is 0 Å². The Bertz CT molecular complexity index is 1220. The van der Waals surface area contributed by atoms with Gasteiger partial charge in [0.2, 0.25) is 0 Å². The molecule has 0 amide bonds. The van der Waals surface area contributed by atoms with Crippen molar-refractivity contribution in [1.29, 1.82) is 0 Å². The maximum Gasteiger partial charge on any atom is 0.0705 e. The molecule has 5 rings (SSSR count). The fraction of sp³-hybridized carbons (Fsp3) is 0.148. The molecular weight excluding hydrogens is 370 g/mol. The second-order valence-corrected chi connectivity index (χ2v) is 9.62. The summed E-state index contributed by atoms with van der Waals surface area (Å²) in [4.78, 5) is 7.25. The molecule has 0 saturated carbocycles. The monoisotopic (exact) mass is 393 g/mol. The molecule has 1 aliphatic heterocycles. The van der Waals surface area contributed by atoms with E-state index in [1.165, 1.54) is 43.2 Å². The van der Waals surface area contributed by atoms with Crippen LogP contribution in [0.1, 0.15) is 26.3 Å². The standard InChI is InChI=1S/C27H23NS/c1-27(2,3)19-14-15-28-24(17-19)18-12-13-23-21-9-5-4-8-20(21)22-10-6-7-11-25(22)29-26(23)16-18/h4-17H,1-3H3. The summed E-state index contributed by atoms with van der Waals surface area (Å²) >= 11 is 1.85. The van der Waals surface area contributed by atoms with Gasteiger partial charge >= 0.3 is 0 Å². The van der Waals surface area contributed by atoms with Crippen molar-refractivity contribution in [2.45, 2.75) is 36.0 Å². The minimum atomic E-state index is 0.107. The number of pyridine rings is 1. The summed E-state index contributed by atoms with van der Waals surface area (Å²) in [6.45, 7) is 6.73. The quantitative estimate of drug-likeness (QED) is 0.288.